The number of carbonyl (C=O) groups is 3. The van der Waals surface area contributed by atoms with Crippen LogP contribution in [-0.4, -0.2) is 82.3 Å². The lowest BCUT2D eigenvalue weighted by Crippen LogP contribution is -2.44. The topological polar surface area (TPSA) is 111 Å². The number of carbonyl (C=O) groups excluding carboxylic acids is 3. The summed E-state index contributed by atoms with van der Waals surface area (Å²) in [7, 11) is 5.93. The number of carboxylic acid groups (broad SMARTS) is 1. The molecule has 9 nitrogen and oxygen atoms in total. The number of unbranched alkanes of at least 4 members (excludes halogenated alkanes) is 39. The highest BCUT2D eigenvalue weighted by molar-refractivity contribution is 5.70. The van der Waals surface area contributed by atoms with Crippen LogP contribution in [0.2, 0.25) is 0 Å². The molecule has 0 N–H and O–H groups in total. The van der Waals surface area contributed by atoms with E-state index in [1.54, 1.807) is 0 Å². The zero-order chi connectivity index (χ0) is 71.8. The minimum absolute atomic E-state index is 0.139. The molecule has 0 fully saturated rings. The van der Waals surface area contributed by atoms with Crippen LogP contribution in [-0.2, 0) is 33.3 Å². The summed E-state index contributed by atoms with van der Waals surface area (Å²) >= 11 is 0. The SMILES string of the molecule is CC/C=C\C/C=C\C/C=C\C/C=C\C/C=C\C/C=C\C/C=C\C/C=C\C/C=C\CCCCCCCC(=O)OC(COC(=O)CCCCCCCCCCCCCCCCCCCCCCCCCCCCCCC/C=C\C/C=C\CCCCCCC)COC(OCC[N+](C)(C)C)C(=O)[O-]. The minimum atomic E-state index is -1.64. The van der Waals surface area contributed by atoms with Crippen LogP contribution >= 0.6 is 0 Å². The normalized spacial score (nSPS) is 13.3. The fraction of sp³-hybridized carbons (Fsp3) is 0.722. The molecule has 0 saturated heterocycles. The van der Waals surface area contributed by atoms with Gasteiger partial charge in [0, 0.05) is 12.8 Å². The van der Waals surface area contributed by atoms with Crippen molar-refractivity contribution in [2.24, 2.45) is 0 Å². The van der Waals surface area contributed by atoms with Gasteiger partial charge in [-0.05, 0) is 116 Å². The molecular weight excluding hydrogens is 1220 g/mol. The lowest BCUT2D eigenvalue weighted by Gasteiger charge is -2.26. The summed E-state index contributed by atoms with van der Waals surface area (Å²) in [5, 5.41) is 11.9. The van der Waals surface area contributed by atoms with E-state index in [9.17, 15) is 19.5 Å². The van der Waals surface area contributed by atoms with Crippen molar-refractivity contribution in [3.05, 3.63) is 134 Å². The monoisotopic (exact) mass is 1380 g/mol. The lowest BCUT2D eigenvalue weighted by atomic mass is 10.0. The van der Waals surface area contributed by atoms with Gasteiger partial charge in [-0.3, -0.25) is 9.59 Å². The number of nitrogens with zero attached hydrogens (tertiary/aromatic N) is 1. The van der Waals surface area contributed by atoms with Crippen LogP contribution in [0, 0.1) is 0 Å². The Hall–Kier alpha value is -4.57. The molecule has 0 bridgehead atoms. The molecule has 99 heavy (non-hydrogen) atoms. The van der Waals surface area contributed by atoms with E-state index in [0.29, 0.717) is 17.4 Å². The second-order valence-corrected chi connectivity index (χ2v) is 28.7. The number of allylic oxidation sites excluding steroid dienone is 22. The zero-order valence-electron chi connectivity index (χ0n) is 65.1. The fourth-order valence-corrected chi connectivity index (χ4v) is 11.6. The number of quaternary nitrogens is 1. The summed E-state index contributed by atoms with van der Waals surface area (Å²) in [6.07, 6.45) is 112. The Labute approximate surface area is 611 Å². The van der Waals surface area contributed by atoms with E-state index in [2.05, 4.69) is 148 Å². The van der Waals surface area contributed by atoms with Crippen molar-refractivity contribution in [1.29, 1.82) is 0 Å². The summed E-state index contributed by atoms with van der Waals surface area (Å²) in [6.45, 7) is 4.63. The van der Waals surface area contributed by atoms with E-state index in [1.807, 2.05) is 21.1 Å². The molecule has 0 amide bonds. The average molecular weight is 1380 g/mol. The Kier molecular flexibility index (Phi) is 75.5. The summed E-state index contributed by atoms with van der Waals surface area (Å²) in [5.41, 5.74) is 0. The minimum Gasteiger partial charge on any atom is -0.545 e. The Morgan fingerprint density at radius 3 is 0.859 bits per heavy atom. The van der Waals surface area contributed by atoms with Gasteiger partial charge in [0.1, 0.15) is 13.2 Å². The molecule has 0 radical (unpaired) electrons. The molecular formula is C90H155NO8. The first-order valence-electron chi connectivity index (χ1n) is 41.3. The third-order valence-electron chi connectivity index (χ3n) is 17.9. The number of aliphatic carboxylic acids is 1. The predicted molar refractivity (Wildman–Crippen MR) is 426 cm³/mol. The highest BCUT2D eigenvalue weighted by atomic mass is 16.7. The first-order chi connectivity index (χ1) is 48.6. The van der Waals surface area contributed by atoms with Crippen molar-refractivity contribution >= 4 is 17.9 Å². The van der Waals surface area contributed by atoms with Crippen molar-refractivity contribution in [1.82, 2.24) is 0 Å². The van der Waals surface area contributed by atoms with Crippen LogP contribution in [0.5, 0.6) is 0 Å². The quantitative estimate of drug-likeness (QED) is 0.0195. The Balaban J connectivity index is 4.03. The number of hydrogen-bond acceptors (Lipinski definition) is 8. The summed E-state index contributed by atoms with van der Waals surface area (Å²) < 4.78 is 22.8. The summed E-state index contributed by atoms with van der Waals surface area (Å²) in [5.74, 6) is -2.30. The summed E-state index contributed by atoms with van der Waals surface area (Å²) in [6, 6.07) is 0. The first kappa shape index (κ1) is 94.4. The standard InChI is InChI=1S/C90H155NO8/c1-6-8-10-12-14-16-18-20-22-24-26-28-30-32-34-36-38-40-41-42-43-44-45-46-47-49-50-52-54-56-58-60-62-64-66-68-70-72-74-76-78-80-87(92)97-84-86(85-98-90(89(94)95)96-83-82-91(3,4)5)99-88(93)81-79-77-75-73-71-69-67-65-63-61-59-57-55-53-51-48-39-37-35-33-31-29-27-25-23-21-19-17-15-13-11-9-7-2/h9,11,15,17-18,20-21,23-24,26-27,29,33,35,39,48,53,55,59,61,65,67,86,90H,6-8,10,12-14,16,19,22,25,28,30-32,34,36-38,40-47,49-52,54,56-58,60,62-64,66,68-85H2,1-5H3/b11-9-,17-15-,20-18-,23-21-,26-24-,29-27-,35-33-,48-39-,55-53-,61-59-,67-65-. The van der Waals surface area contributed by atoms with E-state index in [-0.39, 0.29) is 38.6 Å². The largest absolute Gasteiger partial charge is 0.545 e. The maximum Gasteiger partial charge on any atom is 0.306 e. The number of hydrogen-bond donors (Lipinski definition) is 0. The third-order valence-corrected chi connectivity index (χ3v) is 17.9. The van der Waals surface area contributed by atoms with Crippen LogP contribution < -0.4 is 5.11 Å². The maximum absolute atomic E-state index is 13.0. The molecule has 0 aromatic carbocycles. The number of rotatable bonds is 76. The van der Waals surface area contributed by atoms with Gasteiger partial charge in [0.25, 0.3) is 0 Å². The van der Waals surface area contributed by atoms with E-state index in [0.717, 1.165) is 116 Å². The first-order valence-corrected chi connectivity index (χ1v) is 41.3. The second-order valence-electron chi connectivity index (χ2n) is 28.7. The van der Waals surface area contributed by atoms with E-state index < -0.39 is 24.3 Å². The van der Waals surface area contributed by atoms with Gasteiger partial charge in [-0.15, -0.1) is 0 Å². The van der Waals surface area contributed by atoms with Crippen molar-refractivity contribution in [2.45, 2.75) is 373 Å². The Morgan fingerprint density at radius 1 is 0.313 bits per heavy atom. The van der Waals surface area contributed by atoms with Gasteiger partial charge in [-0.1, -0.05) is 366 Å². The van der Waals surface area contributed by atoms with Crippen LogP contribution in [0.25, 0.3) is 0 Å². The summed E-state index contributed by atoms with van der Waals surface area (Å²) in [4.78, 5) is 37.6. The van der Waals surface area contributed by atoms with Crippen molar-refractivity contribution in [2.75, 3.05) is 47.5 Å². The molecule has 2 atom stereocenters. The molecule has 0 aliphatic carbocycles. The van der Waals surface area contributed by atoms with Gasteiger partial charge >= 0.3 is 11.9 Å². The molecule has 0 rings (SSSR count). The maximum atomic E-state index is 13.0. The molecule has 0 aliphatic heterocycles. The molecule has 0 aromatic heterocycles. The third kappa shape index (κ3) is 80.6. The molecule has 9 heteroatoms. The molecule has 0 saturated carbocycles. The smallest absolute Gasteiger partial charge is 0.306 e. The van der Waals surface area contributed by atoms with Gasteiger partial charge in [-0.2, -0.15) is 0 Å². The average Bonchev–Trinajstić information content (AvgIpc) is 1.57. The van der Waals surface area contributed by atoms with E-state index in [1.165, 1.54) is 212 Å². The predicted octanol–water partition coefficient (Wildman–Crippen LogP) is 25.5. The van der Waals surface area contributed by atoms with Crippen molar-refractivity contribution in [3.8, 4) is 0 Å². The van der Waals surface area contributed by atoms with Crippen LogP contribution in [0.1, 0.15) is 361 Å². The van der Waals surface area contributed by atoms with Crippen molar-refractivity contribution in [3.63, 3.8) is 0 Å². The van der Waals surface area contributed by atoms with Gasteiger partial charge in [0.2, 0.25) is 0 Å². The lowest BCUT2D eigenvalue weighted by molar-refractivity contribution is -0.870. The van der Waals surface area contributed by atoms with Crippen molar-refractivity contribution < 1.29 is 42.9 Å². The van der Waals surface area contributed by atoms with E-state index >= 15 is 0 Å². The van der Waals surface area contributed by atoms with Gasteiger partial charge in [0.15, 0.2) is 12.4 Å². The van der Waals surface area contributed by atoms with E-state index in [4.69, 9.17) is 18.9 Å². The van der Waals surface area contributed by atoms with Crippen LogP contribution in [0.15, 0.2) is 134 Å². The Morgan fingerprint density at radius 2 is 0.576 bits per heavy atom. The number of likely N-dealkylation sites (N-methyl/N-ethyl adjacent to an activating group) is 1. The zero-order valence-corrected chi connectivity index (χ0v) is 65.1. The number of carboxylic acids is 1. The van der Waals surface area contributed by atoms with Gasteiger partial charge < -0.3 is 33.3 Å². The van der Waals surface area contributed by atoms with Crippen LogP contribution in [0.4, 0.5) is 0 Å². The second kappa shape index (κ2) is 79.1. The van der Waals surface area contributed by atoms with Crippen LogP contribution in [0.3, 0.4) is 0 Å². The number of esters is 2. The molecule has 2 unspecified atom stereocenters. The molecule has 0 aromatic rings. The highest BCUT2D eigenvalue weighted by Gasteiger charge is 2.22. The molecule has 0 heterocycles. The van der Waals surface area contributed by atoms with Gasteiger partial charge in [-0.25, -0.2) is 0 Å². The van der Waals surface area contributed by atoms with Gasteiger partial charge in [0.05, 0.1) is 40.3 Å². The molecule has 568 valence electrons. The Bertz CT molecular complexity index is 2100. The highest BCUT2D eigenvalue weighted by Crippen LogP contribution is 2.19. The fourth-order valence-electron chi connectivity index (χ4n) is 11.6. The molecule has 0 spiro atoms. The molecule has 0 aliphatic rings. The number of ether oxygens (including phenoxy) is 4.